The van der Waals surface area contributed by atoms with Crippen molar-refractivity contribution in [2.75, 3.05) is 24.6 Å². The average Bonchev–Trinajstić information content (AvgIpc) is 2.70. The van der Waals surface area contributed by atoms with E-state index in [1.807, 2.05) is 18.2 Å². The van der Waals surface area contributed by atoms with E-state index < -0.39 is 12.0 Å². The minimum atomic E-state index is -0.782. The van der Waals surface area contributed by atoms with Crippen LogP contribution in [-0.2, 0) is 4.79 Å². The van der Waals surface area contributed by atoms with E-state index in [0.717, 1.165) is 18.8 Å². The van der Waals surface area contributed by atoms with Gasteiger partial charge in [0.05, 0.1) is 6.21 Å². The fraction of sp³-hybridized carbons (Fsp3) is 0.300. The predicted octanol–water partition coefficient (Wildman–Crippen LogP) is 2.53. The quantitative estimate of drug-likeness (QED) is 0.604. The smallest absolute Gasteiger partial charge is 0.284 e. The zero-order chi connectivity index (χ0) is 19.2. The van der Waals surface area contributed by atoms with Gasteiger partial charge in [0.2, 0.25) is 6.10 Å². The second kappa shape index (κ2) is 8.44. The van der Waals surface area contributed by atoms with E-state index in [1.54, 1.807) is 24.3 Å². The maximum Gasteiger partial charge on any atom is 0.284 e. The Morgan fingerprint density at radius 3 is 2.70 bits per heavy atom. The SMILES string of the molecule is CCN(CC)c1ccc(/C=N\NC(=O)C2COc3ccccc3O2)c(O)c1. The van der Waals surface area contributed by atoms with E-state index in [0.29, 0.717) is 17.1 Å². The van der Waals surface area contributed by atoms with Gasteiger partial charge in [0.15, 0.2) is 11.5 Å². The van der Waals surface area contributed by atoms with E-state index in [4.69, 9.17) is 9.47 Å². The average molecular weight is 369 g/mol. The van der Waals surface area contributed by atoms with Crippen LogP contribution in [0.2, 0.25) is 0 Å². The summed E-state index contributed by atoms with van der Waals surface area (Å²) in [5, 5.41) is 14.1. The predicted molar refractivity (Wildman–Crippen MR) is 104 cm³/mol. The molecule has 0 spiro atoms. The van der Waals surface area contributed by atoms with Crippen molar-refractivity contribution in [3.8, 4) is 17.2 Å². The Balaban J connectivity index is 1.60. The molecule has 0 aromatic heterocycles. The minimum absolute atomic E-state index is 0.101. The molecule has 3 rings (SSSR count). The number of benzene rings is 2. The monoisotopic (exact) mass is 369 g/mol. The van der Waals surface area contributed by atoms with Gasteiger partial charge in [-0.2, -0.15) is 5.10 Å². The van der Waals surface area contributed by atoms with Gasteiger partial charge in [-0.25, -0.2) is 5.43 Å². The van der Waals surface area contributed by atoms with E-state index in [9.17, 15) is 9.90 Å². The van der Waals surface area contributed by atoms with Crippen LogP contribution in [0.4, 0.5) is 5.69 Å². The number of carbonyl (C=O) groups excluding carboxylic acids is 1. The van der Waals surface area contributed by atoms with Crippen molar-refractivity contribution in [2.45, 2.75) is 20.0 Å². The van der Waals surface area contributed by atoms with E-state index in [-0.39, 0.29) is 12.4 Å². The molecular formula is C20H23N3O4. The second-order valence-corrected chi connectivity index (χ2v) is 6.01. The normalized spacial score (nSPS) is 15.6. The fourth-order valence-corrected chi connectivity index (χ4v) is 2.81. The van der Waals surface area contributed by atoms with Crippen molar-refractivity contribution in [1.29, 1.82) is 0 Å². The highest BCUT2D eigenvalue weighted by Gasteiger charge is 2.27. The van der Waals surface area contributed by atoms with Crippen molar-refractivity contribution in [1.82, 2.24) is 5.43 Å². The lowest BCUT2D eigenvalue weighted by Crippen LogP contribution is -2.42. The molecule has 1 atom stereocenters. The number of hydrogen-bond acceptors (Lipinski definition) is 6. The zero-order valence-corrected chi connectivity index (χ0v) is 15.4. The Morgan fingerprint density at radius 1 is 1.26 bits per heavy atom. The number of aromatic hydroxyl groups is 1. The van der Waals surface area contributed by atoms with Gasteiger partial charge in [-0.1, -0.05) is 12.1 Å². The Labute approximate surface area is 158 Å². The lowest BCUT2D eigenvalue weighted by molar-refractivity contribution is -0.130. The van der Waals surface area contributed by atoms with Crippen LogP contribution >= 0.6 is 0 Å². The first-order valence-corrected chi connectivity index (χ1v) is 8.91. The highest BCUT2D eigenvalue weighted by Crippen LogP contribution is 2.30. The molecule has 7 heteroatoms. The number of fused-ring (bicyclic) bond motifs is 1. The van der Waals surface area contributed by atoms with Crippen LogP contribution in [0.15, 0.2) is 47.6 Å². The molecule has 1 aliphatic rings. The minimum Gasteiger partial charge on any atom is -0.507 e. The highest BCUT2D eigenvalue weighted by atomic mass is 16.6. The van der Waals surface area contributed by atoms with Crippen LogP contribution in [-0.4, -0.2) is 43.0 Å². The van der Waals surface area contributed by atoms with Crippen LogP contribution in [0.25, 0.3) is 0 Å². The number of para-hydroxylation sites is 2. The van der Waals surface area contributed by atoms with Gasteiger partial charge < -0.3 is 19.5 Å². The first kappa shape index (κ1) is 18.6. The van der Waals surface area contributed by atoms with Gasteiger partial charge in [-0.05, 0) is 38.1 Å². The number of anilines is 1. The van der Waals surface area contributed by atoms with E-state index >= 15 is 0 Å². The largest absolute Gasteiger partial charge is 0.507 e. The van der Waals surface area contributed by atoms with Crippen LogP contribution < -0.4 is 19.8 Å². The molecule has 142 valence electrons. The summed E-state index contributed by atoms with van der Waals surface area (Å²) in [6.07, 6.45) is 0.618. The molecule has 0 bridgehead atoms. The number of nitrogens with one attached hydrogen (secondary N) is 1. The molecular weight excluding hydrogens is 346 g/mol. The highest BCUT2D eigenvalue weighted by molar-refractivity contribution is 5.87. The molecule has 0 aliphatic carbocycles. The van der Waals surface area contributed by atoms with Gasteiger partial charge >= 0.3 is 0 Å². The molecule has 0 fully saturated rings. The molecule has 1 amide bonds. The van der Waals surface area contributed by atoms with Gasteiger partial charge in [-0.15, -0.1) is 0 Å². The summed E-state index contributed by atoms with van der Waals surface area (Å²) in [5.74, 6) is 0.823. The summed E-state index contributed by atoms with van der Waals surface area (Å²) in [6, 6.07) is 12.5. The van der Waals surface area contributed by atoms with Crippen molar-refractivity contribution >= 4 is 17.8 Å². The molecule has 0 saturated carbocycles. The number of phenolic OH excluding ortho intramolecular Hbond substituents is 1. The van der Waals surface area contributed by atoms with Gasteiger partial charge in [0, 0.05) is 30.4 Å². The molecule has 2 aromatic carbocycles. The topological polar surface area (TPSA) is 83.4 Å². The number of hydrazone groups is 1. The standard InChI is InChI=1S/C20H23N3O4/c1-3-23(4-2)15-10-9-14(16(24)11-15)12-21-22-20(25)19-13-26-17-7-5-6-8-18(17)27-19/h5-12,19,24H,3-4,13H2,1-2H3,(H,22,25)/b21-12-. The number of carbonyl (C=O) groups is 1. The van der Waals surface area contributed by atoms with Crippen LogP contribution in [0.5, 0.6) is 17.2 Å². The molecule has 1 unspecified atom stereocenters. The maximum atomic E-state index is 12.2. The number of phenols is 1. The van der Waals surface area contributed by atoms with Gasteiger partial charge in [-0.3, -0.25) is 4.79 Å². The lowest BCUT2D eigenvalue weighted by atomic mass is 10.2. The maximum absolute atomic E-state index is 12.2. The Hall–Kier alpha value is -3.22. The fourth-order valence-electron chi connectivity index (χ4n) is 2.81. The molecule has 0 radical (unpaired) electrons. The summed E-state index contributed by atoms with van der Waals surface area (Å²) in [5.41, 5.74) is 3.87. The number of hydrogen-bond donors (Lipinski definition) is 2. The van der Waals surface area contributed by atoms with E-state index in [1.165, 1.54) is 6.21 Å². The van der Waals surface area contributed by atoms with Crippen LogP contribution in [0.1, 0.15) is 19.4 Å². The third-order valence-electron chi connectivity index (χ3n) is 4.32. The number of rotatable bonds is 6. The molecule has 0 saturated heterocycles. The van der Waals surface area contributed by atoms with Crippen molar-refractivity contribution in [3.05, 3.63) is 48.0 Å². The molecule has 7 nitrogen and oxygen atoms in total. The molecule has 1 heterocycles. The van der Waals surface area contributed by atoms with E-state index in [2.05, 4.69) is 29.3 Å². The first-order chi connectivity index (χ1) is 13.1. The summed E-state index contributed by atoms with van der Waals surface area (Å²) in [7, 11) is 0. The second-order valence-electron chi connectivity index (χ2n) is 6.01. The Kier molecular flexibility index (Phi) is 5.80. The molecule has 27 heavy (non-hydrogen) atoms. The lowest BCUT2D eigenvalue weighted by Gasteiger charge is -2.24. The molecule has 1 aliphatic heterocycles. The van der Waals surface area contributed by atoms with Gasteiger partial charge in [0.1, 0.15) is 12.4 Å². The van der Waals surface area contributed by atoms with Gasteiger partial charge in [0.25, 0.3) is 5.91 Å². The third-order valence-corrected chi connectivity index (χ3v) is 4.32. The zero-order valence-electron chi connectivity index (χ0n) is 15.4. The van der Waals surface area contributed by atoms with Crippen molar-refractivity contribution < 1.29 is 19.4 Å². The number of ether oxygens (including phenoxy) is 2. The van der Waals surface area contributed by atoms with Crippen LogP contribution in [0.3, 0.4) is 0 Å². The Bertz CT molecular complexity index is 834. The Morgan fingerprint density at radius 2 is 2.00 bits per heavy atom. The summed E-state index contributed by atoms with van der Waals surface area (Å²) in [6.45, 7) is 5.93. The van der Waals surface area contributed by atoms with Crippen molar-refractivity contribution in [2.24, 2.45) is 5.10 Å². The summed E-state index contributed by atoms with van der Waals surface area (Å²) < 4.78 is 11.1. The summed E-state index contributed by atoms with van der Waals surface area (Å²) in [4.78, 5) is 14.3. The molecule has 2 aromatic rings. The first-order valence-electron chi connectivity index (χ1n) is 8.91. The van der Waals surface area contributed by atoms with Crippen LogP contribution in [0, 0.1) is 0 Å². The number of amides is 1. The number of nitrogens with zero attached hydrogens (tertiary/aromatic N) is 2. The summed E-state index contributed by atoms with van der Waals surface area (Å²) >= 11 is 0. The molecule has 2 N–H and O–H groups in total. The van der Waals surface area contributed by atoms with Crippen molar-refractivity contribution in [3.63, 3.8) is 0 Å². The third kappa shape index (κ3) is 4.31.